The van der Waals surface area contributed by atoms with E-state index in [0.717, 1.165) is 38.5 Å². The van der Waals surface area contributed by atoms with Gasteiger partial charge in [-0.15, -0.1) is 0 Å². The van der Waals surface area contributed by atoms with Crippen molar-refractivity contribution in [3.05, 3.63) is 12.2 Å². The maximum atomic E-state index is 12.8. The van der Waals surface area contributed by atoms with Crippen molar-refractivity contribution in [1.29, 1.82) is 0 Å². The van der Waals surface area contributed by atoms with Gasteiger partial charge in [-0.1, -0.05) is 187 Å². The lowest BCUT2D eigenvalue weighted by Gasteiger charge is -2.39. The number of carbonyl (C=O) groups is 2. The molecule has 1 rings (SSSR count). The monoisotopic (exact) mass is 813 g/mol. The van der Waals surface area contributed by atoms with Gasteiger partial charge in [0.15, 0.2) is 12.4 Å². The summed E-state index contributed by atoms with van der Waals surface area (Å²) in [5.74, 6) is -0.797. The van der Waals surface area contributed by atoms with Gasteiger partial charge in [0.1, 0.15) is 31.0 Å². The topological polar surface area (TPSA) is 152 Å². The minimum absolute atomic E-state index is 0.212. The zero-order valence-corrected chi connectivity index (χ0v) is 36.6. The number of aliphatic hydroxyl groups excluding tert-OH is 4. The van der Waals surface area contributed by atoms with Crippen LogP contribution in [0.4, 0.5) is 0 Å². The van der Waals surface area contributed by atoms with E-state index in [1.54, 1.807) is 0 Å². The summed E-state index contributed by atoms with van der Waals surface area (Å²) in [5.41, 5.74) is 0. The van der Waals surface area contributed by atoms with Crippen LogP contribution in [0.2, 0.25) is 0 Å². The second kappa shape index (κ2) is 38.6. The van der Waals surface area contributed by atoms with Gasteiger partial charge in [-0.2, -0.15) is 0 Å². The normalized spacial score (nSPS) is 20.3. The molecule has 0 radical (unpaired) electrons. The third-order valence-corrected chi connectivity index (χ3v) is 11.2. The van der Waals surface area contributed by atoms with Crippen LogP contribution in [0.15, 0.2) is 12.2 Å². The van der Waals surface area contributed by atoms with E-state index in [0.29, 0.717) is 6.42 Å². The molecule has 0 aliphatic carbocycles. The fraction of sp³-hybridized carbons (Fsp3) is 0.915. The van der Waals surface area contributed by atoms with E-state index < -0.39 is 49.4 Å². The molecular formula is C47H88O10. The summed E-state index contributed by atoms with van der Waals surface area (Å²) in [6.45, 7) is 3.42. The number of ether oxygens (including phenoxy) is 4. The molecule has 10 nitrogen and oxygen atoms in total. The van der Waals surface area contributed by atoms with Crippen molar-refractivity contribution >= 4 is 11.9 Å². The van der Waals surface area contributed by atoms with Gasteiger partial charge in [0.05, 0.1) is 13.2 Å². The van der Waals surface area contributed by atoms with E-state index in [4.69, 9.17) is 18.9 Å². The van der Waals surface area contributed by atoms with Gasteiger partial charge in [0.25, 0.3) is 0 Å². The zero-order valence-electron chi connectivity index (χ0n) is 36.6. The third-order valence-electron chi connectivity index (χ3n) is 11.2. The van der Waals surface area contributed by atoms with Crippen molar-refractivity contribution in [1.82, 2.24) is 0 Å². The molecule has 0 spiro atoms. The average Bonchev–Trinajstić information content (AvgIpc) is 3.21. The highest BCUT2D eigenvalue weighted by atomic mass is 16.7. The van der Waals surface area contributed by atoms with E-state index >= 15 is 0 Å². The predicted octanol–water partition coefficient (Wildman–Crippen LogP) is 10.3. The molecule has 336 valence electrons. The number of aliphatic hydroxyl groups is 4. The Morgan fingerprint density at radius 1 is 0.526 bits per heavy atom. The van der Waals surface area contributed by atoms with Crippen LogP contribution >= 0.6 is 0 Å². The summed E-state index contributed by atoms with van der Waals surface area (Å²) >= 11 is 0. The Balaban J connectivity index is 2.28. The average molecular weight is 813 g/mol. The third kappa shape index (κ3) is 30.2. The number of hydrogen-bond acceptors (Lipinski definition) is 10. The molecule has 0 bridgehead atoms. The first-order chi connectivity index (χ1) is 27.8. The Labute approximate surface area is 348 Å². The summed E-state index contributed by atoms with van der Waals surface area (Å²) in [6, 6.07) is 0. The first-order valence-electron chi connectivity index (χ1n) is 23.8. The predicted molar refractivity (Wildman–Crippen MR) is 229 cm³/mol. The SMILES string of the molecule is CCCC/C=C/CCCCCCCCCCCC(=O)O[C@@H](COC(=O)CCCCCCCCCCCCCCCCCCC)CO[C@H]1O[C@@H](CO)[C@@H](O)C(O)C1O. The quantitative estimate of drug-likeness (QED) is 0.0267. The summed E-state index contributed by atoms with van der Waals surface area (Å²) in [7, 11) is 0. The molecule has 57 heavy (non-hydrogen) atoms. The van der Waals surface area contributed by atoms with Crippen molar-refractivity contribution in [2.75, 3.05) is 19.8 Å². The maximum absolute atomic E-state index is 12.8. The summed E-state index contributed by atoms with van der Waals surface area (Å²) in [4.78, 5) is 25.4. The lowest BCUT2D eigenvalue weighted by Crippen LogP contribution is -2.59. The van der Waals surface area contributed by atoms with Crippen LogP contribution in [-0.2, 0) is 28.5 Å². The van der Waals surface area contributed by atoms with Crippen LogP contribution in [0.25, 0.3) is 0 Å². The summed E-state index contributed by atoms with van der Waals surface area (Å²) < 4.78 is 22.2. The Morgan fingerprint density at radius 3 is 1.42 bits per heavy atom. The van der Waals surface area contributed by atoms with Gasteiger partial charge < -0.3 is 39.4 Å². The number of hydrogen-bond donors (Lipinski definition) is 4. The first kappa shape index (κ1) is 53.5. The molecule has 0 saturated carbocycles. The van der Waals surface area contributed by atoms with Gasteiger partial charge >= 0.3 is 11.9 Å². The first-order valence-corrected chi connectivity index (χ1v) is 23.8. The van der Waals surface area contributed by atoms with Gasteiger partial charge in [0.2, 0.25) is 0 Å². The fourth-order valence-corrected chi connectivity index (χ4v) is 7.35. The molecule has 0 amide bonds. The number of rotatable bonds is 40. The van der Waals surface area contributed by atoms with Crippen molar-refractivity contribution in [2.45, 2.75) is 256 Å². The van der Waals surface area contributed by atoms with E-state index in [2.05, 4.69) is 26.0 Å². The summed E-state index contributed by atoms with van der Waals surface area (Å²) in [5, 5.41) is 40.1. The largest absolute Gasteiger partial charge is 0.462 e. The molecule has 1 aliphatic rings. The van der Waals surface area contributed by atoms with E-state index in [1.807, 2.05) is 0 Å². The van der Waals surface area contributed by atoms with Crippen molar-refractivity contribution in [3.63, 3.8) is 0 Å². The molecule has 1 saturated heterocycles. The van der Waals surface area contributed by atoms with Gasteiger partial charge in [0, 0.05) is 12.8 Å². The second-order valence-electron chi connectivity index (χ2n) is 16.6. The fourth-order valence-electron chi connectivity index (χ4n) is 7.35. The van der Waals surface area contributed by atoms with E-state index in [9.17, 15) is 30.0 Å². The molecule has 2 unspecified atom stereocenters. The highest BCUT2D eigenvalue weighted by Crippen LogP contribution is 2.23. The Morgan fingerprint density at radius 2 is 0.947 bits per heavy atom. The van der Waals surface area contributed by atoms with Crippen LogP contribution in [0.1, 0.15) is 219 Å². The standard InChI is InChI=1S/C47H88O10/c1-3-5-7-9-11-13-15-17-19-20-22-23-25-27-29-31-33-35-42(49)54-38-40(39-55-47-46(53)45(52)44(51)41(37-48)57-47)56-43(50)36-34-32-30-28-26-24-21-18-16-14-12-10-8-6-4-2/h10,12,40-41,44-48,51-53H,3-9,11,13-39H2,1-2H3/b12-10+/t40-,41-,44+,45?,46?,47-/m0/s1. The van der Waals surface area contributed by atoms with Crippen LogP contribution in [-0.4, -0.2) is 89.0 Å². The molecule has 6 atom stereocenters. The molecule has 1 aliphatic heterocycles. The maximum Gasteiger partial charge on any atom is 0.306 e. The number of esters is 2. The van der Waals surface area contributed by atoms with E-state index in [-0.39, 0.29) is 32.0 Å². The number of unbranched alkanes of at least 4 members (excludes halogenated alkanes) is 27. The minimum Gasteiger partial charge on any atom is -0.462 e. The summed E-state index contributed by atoms with van der Waals surface area (Å²) in [6.07, 6.45) is 33.6. The molecule has 1 fully saturated rings. The molecule has 0 aromatic carbocycles. The molecule has 0 aromatic rings. The Hall–Kier alpha value is -1.56. The number of carbonyl (C=O) groups excluding carboxylic acids is 2. The molecule has 10 heteroatoms. The van der Waals surface area contributed by atoms with Crippen molar-refractivity contribution in [3.8, 4) is 0 Å². The van der Waals surface area contributed by atoms with Crippen LogP contribution in [0.5, 0.6) is 0 Å². The van der Waals surface area contributed by atoms with Gasteiger partial charge in [-0.05, 0) is 32.1 Å². The molecule has 4 N–H and O–H groups in total. The Bertz CT molecular complexity index is 943. The second-order valence-corrected chi connectivity index (χ2v) is 16.6. The highest BCUT2D eigenvalue weighted by molar-refractivity contribution is 5.70. The van der Waals surface area contributed by atoms with Gasteiger partial charge in [-0.3, -0.25) is 9.59 Å². The lowest BCUT2D eigenvalue weighted by atomic mass is 9.99. The van der Waals surface area contributed by atoms with Crippen LogP contribution < -0.4 is 0 Å². The zero-order chi connectivity index (χ0) is 41.6. The smallest absolute Gasteiger partial charge is 0.306 e. The van der Waals surface area contributed by atoms with Crippen molar-refractivity contribution < 1.29 is 49.0 Å². The van der Waals surface area contributed by atoms with E-state index in [1.165, 1.54) is 148 Å². The highest BCUT2D eigenvalue weighted by Gasteiger charge is 2.44. The van der Waals surface area contributed by atoms with Crippen LogP contribution in [0, 0.1) is 0 Å². The lowest BCUT2D eigenvalue weighted by molar-refractivity contribution is -0.305. The molecule has 0 aromatic heterocycles. The molecule has 1 heterocycles. The minimum atomic E-state index is -1.59. The van der Waals surface area contributed by atoms with Crippen molar-refractivity contribution in [2.24, 2.45) is 0 Å². The Kier molecular flexibility index (Phi) is 36.2. The van der Waals surface area contributed by atoms with Gasteiger partial charge in [-0.25, -0.2) is 0 Å². The number of allylic oxidation sites excluding steroid dienone is 2. The molecular weight excluding hydrogens is 725 g/mol. The van der Waals surface area contributed by atoms with Crippen LogP contribution in [0.3, 0.4) is 0 Å².